The zero-order valence-corrected chi connectivity index (χ0v) is 9.23. The summed E-state index contributed by atoms with van der Waals surface area (Å²) >= 11 is 0. The van der Waals surface area contributed by atoms with Gasteiger partial charge in [-0.05, 0) is 25.1 Å². The Morgan fingerprint density at radius 2 is 2.31 bits per heavy atom. The summed E-state index contributed by atoms with van der Waals surface area (Å²) in [5.41, 5.74) is 2.10. The second kappa shape index (κ2) is 5.21. The van der Waals surface area contributed by atoms with Crippen molar-refractivity contribution in [1.29, 1.82) is 0 Å². The van der Waals surface area contributed by atoms with Crippen LogP contribution in [0, 0.1) is 0 Å². The summed E-state index contributed by atoms with van der Waals surface area (Å²) < 4.78 is 5.42. The second-order valence-electron chi connectivity index (χ2n) is 3.40. The van der Waals surface area contributed by atoms with Gasteiger partial charge in [0.05, 0.1) is 18.8 Å². The van der Waals surface area contributed by atoms with Gasteiger partial charge in [-0.1, -0.05) is 6.07 Å². The molecule has 0 bridgehead atoms. The van der Waals surface area contributed by atoms with Crippen molar-refractivity contribution in [1.82, 2.24) is 10.2 Å². The Hall–Kier alpha value is -1.97. The lowest BCUT2D eigenvalue weighted by Crippen LogP contribution is -2.00. The maximum Gasteiger partial charge on any atom is 0.121 e. The molecule has 2 N–H and O–H groups in total. The zero-order chi connectivity index (χ0) is 11.2. The van der Waals surface area contributed by atoms with Crippen LogP contribution in [-0.2, 0) is 6.54 Å². The molecule has 1 heterocycles. The lowest BCUT2D eigenvalue weighted by atomic mass is 10.3. The van der Waals surface area contributed by atoms with Crippen molar-refractivity contribution in [3.8, 4) is 5.75 Å². The lowest BCUT2D eigenvalue weighted by Gasteiger charge is -2.07. The maximum atomic E-state index is 5.42. The summed E-state index contributed by atoms with van der Waals surface area (Å²) in [6, 6.07) is 9.86. The van der Waals surface area contributed by atoms with Crippen molar-refractivity contribution in [2.75, 3.05) is 11.9 Å². The van der Waals surface area contributed by atoms with E-state index in [0.717, 1.165) is 23.7 Å². The molecule has 0 amide bonds. The van der Waals surface area contributed by atoms with Crippen molar-refractivity contribution >= 4 is 5.69 Å². The van der Waals surface area contributed by atoms with Crippen molar-refractivity contribution in [3.63, 3.8) is 0 Å². The van der Waals surface area contributed by atoms with Crippen LogP contribution in [0.5, 0.6) is 5.75 Å². The molecule has 2 rings (SSSR count). The van der Waals surface area contributed by atoms with Gasteiger partial charge in [-0.25, -0.2) is 0 Å². The van der Waals surface area contributed by atoms with Gasteiger partial charge in [0.1, 0.15) is 5.75 Å². The highest BCUT2D eigenvalue weighted by molar-refractivity contribution is 5.48. The van der Waals surface area contributed by atoms with Crippen molar-refractivity contribution < 1.29 is 4.74 Å². The quantitative estimate of drug-likeness (QED) is 0.808. The molecule has 0 aliphatic rings. The van der Waals surface area contributed by atoms with Gasteiger partial charge in [-0.2, -0.15) is 5.10 Å². The van der Waals surface area contributed by atoms with E-state index in [1.54, 1.807) is 6.20 Å². The van der Waals surface area contributed by atoms with Crippen LogP contribution in [0.1, 0.15) is 12.6 Å². The van der Waals surface area contributed by atoms with E-state index >= 15 is 0 Å². The second-order valence-corrected chi connectivity index (χ2v) is 3.40. The number of hydrogen-bond acceptors (Lipinski definition) is 3. The molecule has 0 spiro atoms. The van der Waals surface area contributed by atoms with Crippen LogP contribution >= 0.6 is 0 Å². The molecule has 0 aliphatic carbocycles. The maximum absolute atomic E-state index is 5.42. The van der Waals surface area contributed by atoms with E-state index in [1.165, 1.54) is 0 Å². The molecule has 0 aliphatic heterocycles. The molecule has 2 aromatic rings. The van der Waals surface area contributed by atoms with Gasteiger partial charge in [0.2, 0.25) is 0 Å². The number of aromatic amines is 1. The third-order valence-corrected chi connectivity index (χ3v) is 2.19. The van der Waals surface area contributed by atoms with E-state index in [0.29, 0.717) is 6.61 Å². The summed E-state index contributed by atoms with van der Waals surface area (Å²) in [5, 5.41) is 10.1. The van der Waals surface area contributed by atoms with E-state index in [9.17, 15) is 0 Å². The molecule has 84 valence electrons. The first-order valence-electron chi connectivity index (χ1n) is 5.33. The Morgan fingerprint density at radius 3 is 3.06 bits per heavy atom. The fraction of sp³-hybridized carbons (Fsp3) is 0.250. The van der Waals surface area contributed by atoms with Crippen molar-refractivity contribution in [2.24, 2.45) is 0 Å². The van der Waals surface area contributed by atoms with Gasteiger partial charge in [0.15, 0.2) is 0 Å². The highest BCUT2D eigenvalue weighted by Crippen LogP contribution is 2.17. The zero-order valence-electron chi connectivity index (χ0n) is 9.23. The molecule has 0 unspecified atom stereocenters. The molecule has 0 atom stereocenters. The first-order chi connectivity index (χ1) is 7.88. The first kappa shape index (κ1) is 10.5. The van der Waals surface area contributed by atoms with Crippen LogP contribution in [0.3, 0.4) is 0 Å². The number of nitrogens with zero attached hydrogens (tertiary/aromatic N) is 1. The molecular formula is C12H15N3O. The lowest BCUT2D eigenvalue weighted by molar-refractivity contribution is 0.340. The Bertz CT molecular complexity index is 426. The van der Waals surface area contributed by atoms with Gasteiger partial charge < -0.3 is 10.1 Å². The normalized spacial score (nSPS) is 10.1. The molecule has 0 saturated heterocycles. The van der Waals surface area contributed by atoms with E-state index < -0.39 is 0 Å². The first-order valence-corrected chi connectivity index (χ1v) is 5.33. The minimum atomic E-state index is 0.685. The number of rotatable bonds is 5. The number of aromatic nitrogens is 2. The van der Waals surface area contributed by atoms with Crippen LogP contribution < -0.4 is 10.1 Å². The smallest absolute Gasteiger partial charge is 0.121 e. The summed E-state index contributed by atoms with van der Waals surface area (Å²) in [7, 11) is 0. The highest BCUT2D eigenvalue weighted by atomic mass is 16.5. The van der Waals surface area contributed by atoms with Crippen LogP contribution in [-0.4, -0.2) is 16.8 Å². The summed E-state index contributed by atoms with van der Waals surface area (Å²) in [5.74, 6) is 0.886. The monoisotopic (exact) mass is 217 g/mol. The van der Waals surface area contributed by atoms with Crippen LogP contribution in [0.4, 0.5) is 5.69 Å². The Kier molecular flexibility index (Phi) is 3.43. The molecule has 4 nitrogen and oxygen atoms in total. The standard InChI is InChI=1S/C12H15N3O/c1-2-16-12-5-3-4-10(8-12)13-9-11-6-7-14-15-11/h3-8,13H,2,9H2,1H3,(H,14,15). The van der Waals surface area contributed by atoms with Crippen LogP contribution in [0.2, 0.25) is 0 Å². The van der Waals surface area contributed by atoms with Crippen molar-refractivity contribution in [2.45, 2.75) is 13.5 Å². The van der Waals surface area contributed by atoms with Gasteiger partial charge in [0, 0.05) is 18.0 Å². The Morgan fingerprint density at radius 1 is 1.38 bits per heavy atom. The van der Waals surface area contributed by atoms with E-state index in [2.05, 4.69) is 15.5 Å². The largest absolute Gasteiger partial charge is 0.494 e. The predicted molar refractivity (Wildman–Crippen MR) is 63.5 cm³/mol. The molecule has 4 heteroatoms. The van der Waals surface area contributed by atoms with Gasteiger partial charge in [0.25, 0.3) is 0 Å². The number of anilines is 1. The van der Waals surface area contributed by atoms with E-state index in [4.69, 9.17) is 4.74 Å². The molecule has 1 aromatic heterocycles. The van der Waals surface area contributed by atoms with Gasteiger partial charge in [-0.3, -0.25) is 5.10 Å². The number of ether oxygens (including phenoxy) is 1. The third kappa shape index (κ3) is 2.76. The number of H-pyrrole nitrogens is 1. The molecular weight excluding hydrogens is 202 g/mol. The molecule has 1 aromatic carbocycles. The fourth-order valence-corrected chi connectivity index (χ4v) is 1.44. The molecule has 0 saturated carbocycles. The van der Waals surface area contributed by atoms with Crippen LogP contribution in [0.15, 0.2) is 36.5 Å². The Labute approximate surface area is 94.6 Å². The number of benzene rings is 1. The number of nitrogens with one attached hydrogen (secondary N) is 2. The minimum absolute atomic E-state index is 0.685. The van der Waals surface area contributed by atoms with Crippen molar-refractivity contribution in [3.05, 3.63) is 42.2 Å². The predicted octanol–water partition coefficient (Wildman–Crippen LogP) is 2.42. The van der Waals surface area contributed by atoms with Crippen LogP contribution in [0.25, 0.3) is 0 Å². The molecule has 0 fully saturated rings. The summed E-state index contributed by atoms with van der Waals surface area (Å²) in [6.07, 6.45) is 1.74. The average Bonchev–Trinajstić information content (AvgIpc) is 2.80. The SMILES string of the molecule is CCOc1cccc(NCc2ccn[nH]2)c1. The molecule has 16 heavy (non-hydrogen) atoms. The van der Waals surface area contributed by atoms with E-state index in [-0.39, 0.29) is 0 Å². The van der Waals surface area contributed by atoms with E-state index in [1.807, 2.05) is 37.3 Å². The highest BCUT2D eigenvalue weighted by Gasteiger charge is 1.97. The number of hydrogen-bond donors (Lipinski definition) is 2. The fourth-order valence-electron chi connectivity index (χ4n) is 1.44. The third-order valence-electron chi connectivity index (χ3n) is 2.19. The summed E-state index contributed by atoms with van der Waals surface area (Å²) in [6.45, 7) is 3.39. The topological polar surface area (TPSA) is 49.9 Å². The average molecular weight is 217 g/mol. The Balaban J connectivity index is 1.96. The molecule has 0 radical (unpaired) electrons. The summed E-state index contributed by atoms with van der Waals surface area (Å²) in [4.78, 5) is 0. The van der Waals surface area contributed by atoms with Gasteiger partial charge >= 0.3 is 0 Å². The minimum Gasteiger partial charge on any atom is -0.494 e. The van der Waals surface area contributed by atoms with Gasteiger partial charge in [-0.15, -0.1) is 0 Å².